The highest BCUT2D eigenvalue weighted by molar-refractivity contribution is 6.51. The largest absolute Gasteiger partial charge is 0.290 e. The zero-order valence-corrected chi connectivity index (χ0v) is 11.7. The molecule has 0 saturated carbocycles. The van der Waals surface area contributed by atoms with E-state index in [1.165, 1.54) is 12.1 Å². The average molecular weight is 322 g/mol. The van der Waals surface area contributed by atoms with Gasteiger partial charge in [-0.15, -0.1) is 0 Å². The van der Waals surface area contributed by atoms with Gasteiger partial charge in [0, 0.05) is 11.1 Å². The van der Waals surface area contributed by atoms with Gasteiger partial charge in [-0.3, -0.25) is 9.59 Å². The van der Waals surface area contributed by atoms with Gasteiger partial charge in [0.15, 0.2) is 11.6 Å². The Morgan fingerprint density at radius 2 is 1.39 bits per heavy atom. The molecule has 0 radical (unpaired) electrons. The molecule has 2 nitrogen and oxygen atoms in total. The van der Waals surface area contributed by atoms with Gasteiger partial charge in [-0.25, -0.2) is 0 Å². The lowest BCUT2D eigenvalue weighted by molar-refractivity contribution is -0.113. The summed E-state index contributed by atoms with van der Waals surface area (Å²) in [6, 6.07) is 1.38. The van der Waals surface area contributed by atoms with E-state index < -0.39 is 0 Å². The lowest BCUT2D eigenvalue weighted by Gasteiger charge is -2.13. The maximum Gasteiger partial charge on any atom is 0.186 e. The second kappa shape index (κ2) is 5.06. The zero-order chi connectivity index (χ0) is 13.4. The Kier molecular flexibility index (Phi) is 3.83. The van der Waals surface area contributed by atoms with Gasteiger partial charge in [0.1, 0.15) is 0 Å². The molecule has 0 atom stereocenters. The molecule has 6 heteroatoms. The first-order chi connectivity index (χ1) is 8.41. The number of hydrogen-bond donors (Lipinski definition) is 0. The second-order valence-electron chi connectivity index (χ2n) is 3.50. The third kappa shape index (κ3) is 2.34. The van der Waals surface area contributed by atoms with Crippen LogP contribution in [0.5, 0.6) is 0 Å². The molecule has 0 fully saturated rings. The van der Waals surface area contributed by atoms with Crippen LogP contribution in [0.25, 0.3) is 5.57 Å². The van der Waals surface area contributed by atoms with Crippen molar-refractivity contribution in [2.75, 3.05) is 0 Å². The van der Waals surface area contributed by atoms with Gasteiger partial charge in [-0.1, -0.05) is 46.4 Å². The molecule has 1 aromatic carbocycles. The Labute approximate surface area is 123 Å². The van der Waals surface area contributed by atoms with E-state index in [2.05, 4.69) is 0 Å². The summed E-state index contributed by atoms with van der Waals surface area (Å²) < 4.78 is 0. The molecule has 0 bridgehead atoms. The topological polar surface area (TPSA) is 34.1 Å². The predicted octanol–water partition coefficient (Wildman–Crippen LogP) is 4.39. The van der Waals surface area contributed by atoms with Crippen LogP contribution in [-0.2, 0) is 9.59 Å². The normalized spacial score (nSPS) is 15.0. The molecule has 0 unspecified atom stereocenters. The predicted molar refractivity (Wildman–Crippen MR) is 73.6 cm³/mol. The molecule has 92 valence electrons. The van der Waals surface area contributed by atoms with Crippen LogP contribution in [0.3, 0.4) is 0 Å². The van der Waals surface area contributed by atoms with E-state index in [0.29, 0.717) is 0 Å². The summed E-state index contributed by atoms with van der Waals surface area (Å²) in [5.74, 6) is -0.704. The molecular formula is C12H4Cl4O2. The summed E-state index contributed by atoms with van der Waals surface area (Å²) in [6.07, 6.45) is 3.47. The lowest BCUT2D eigenvalue weighted by atomic mass is 9.96. The number of carbonyl (C=O) groups is 2. The highest BCUT2D eigenvalue weighted by Crippen LogP contribution is 2.41. The molecule has 18 heavy (non-hydrogen) atoms. The van der Waals surface area contributed by atoms with Crippen LogP contribution in [0.2, 0.25) is 20.1 Å². The first-order valence-corrected chi connectivity index (χ1v) is 6.24. The van der Waals surface area contributed by atoms with E-state index >= 15 is 0 Å². The molecule has 0 heterocycles. The minimum atomic E-state index is -0.378. The Morgan fingerprint density at radius 3 is 1.94 bits per heavy atom. The van der Waals surface area contributed by atoms with Crippen LogP contribution in [0.4, 0.5) is 0 Å². The molecular weight excluding hydrogens is 318 g/mol. The van der Waals surface area contributed by atoms with Gasteiger partial charge in [0.05, 0.1) is 20.1 Å². The standard InChI is InChI=1S/C12H4Cl4O2/c13-7-4-8(14)12(16)10(11(7)15)6-3-5(17)1-2-9(6)18/h1-4H. The van der Waals surface area contributed by atoms with E-state index in [0.717, 1.165) is 12.2 Å². The van der Waals surface area contributed by atoms with Crippen LogP contribution in [0.15, 0.2) is 24.3 Å². The number of halogens is 4. The molecule has 1 aliphatic carbocycles. The molecule has 0 aromatic heterocycles. The molecule has 2 rings (SSSR count). The summed E-state index contributed by atoms with van der Waals surface area (Å²) in [6.45, 7) is 0. The molecule has 0 amide bonds. The monoisotopic (exact) mass is 320 g/mol. The highest BCUT2D eigenvalue weighted by atomic mass is 35.5. The Bertz CT molecular complexity index is 603. The highest BCUT2D eigenvalue weighted by Gasteiger charge is 2.23. The fourth-order valence-corrected chi connectivity index (χ4v) is 2.53. The molecule has 0 aliphatic heterocycles. The first-order valence-electron chi connectivity index (χ1n) is 4.73. The molecule has 1 aromatic rings. The maximum absolute atomic E-state index is 11.8. The third-order valence-corrected chi connectivity index (χ3v) is 3.91. The maximum atomic E-state index is 11.8. The van der Waals surface area contributed by atoms with Crippen LogP contribution >= 0.6 is 46.4 Å². The van der Waals surface area contributed by atoms with Crippen molar-refractivity contribution < 1.29 is 9.59 Å². The van der Waals surface area contributed by atoms with E-state index in [-0.39, 0.29) is 42.8 Å². The average Bonchev–Trinajstić information content (AvgIpc) is 2.31. The smallest absolute Gasteiger partial charge is 0.186 e. The lowest BCUT2D eigenvalue weighted by Crippen LogP contribution is -2.07. The van der Waals surface area contributed by atoms with Gasteiger partial charge in [-0.2, -0.15) is 0 Å². The van der Waals surface area contributed by atoms with Crippen LogP contribution in [0.1, 0.15) is 5.56 Å². The molecule has 1 aliphatic rings. The Balaban J connectivity index is 2.72. The quantitative estimate of drug-likeness (QED) is 0.568. The first kappa shape index (κ1) is 13.6. The van der Waals surface area contributed by atoms with E-state index in [1.807, 2.05) is 0 Å². The van der Waals surface area contributed by atoms with Crippen molar-refractivity contribution in [2.45, 2.75) is 0 Å². The molecule has 0 N–H and O–H groups in total. The number of allylic oxidation sites excluding steroid dienone is 4. The minimum Gasteiger partial charge on any atom is -0.290 e. The minimum absolute atomic E-state index is 0.0851. The second-order valence-corrected chi connectivity index (χ2v) is 5.07. The molecule has 0 saturated heterocycles. The number of rotatable bonds is 1. The van der Waals surface area contributed by atoms with Crippen molar-refractivity contribution in [2.24, 2.45) is 0 Å². The number of hydrogen-bond acceptors (Lipinski definition) is 2. The van der Waals surface area contributed by atoms with Crippen LogP contribution in [-0.4, -0.2) is 11.6 Å². The van der Waals surface area contributed by atoms with Crippen molar-refractivity contribution in [3.8, 4) is 0 Å². The van der Waals surface area contributed by atoms with Crippen molar-refractivity contribution >= 4 is 63.5 Å². The van der Waals surface area contributed by atoms with Crippen LogP contribution < -0.4 is 0 Å². The Hall–Kier alpha value is -0.800. The zero-order valence-electron chi connectivity index (χ0n) is 8.64. The van der Waals surface area contributed by atoms with Gasteiger partial charge in [-0.05, 0) is 24.3 Å². The summed E-state index contributed by atoms with van der Waals surface area (Å²) in [5.41, 5.74) is 0.264. The Morgan fingerprint density at radius 1 is 0.833 bits per heavy atom. The summed E-state index contributed by atoms with van der Waals surface area (Å²) >= 11 is 23.8. The van der Waals surface area contributed by atoms with Gasteiger partial charge in [0.25, 0.3) is 0 Å². The van der Waals surface area contributed by atoms with E-state index in [4.69, 9.17) is 46.4 Å². The summed E-state index contributed by atoms with van der Waals surface area (Å²) in [7, 11) is 0. The van der Waals surface area contributed by atoms with Crippen LogP contribution in [0, 0.1) is 0 Å². The fraction of sp³-hybridized carbons (Fsp3) is 0. The van der Waals surface area contributed by atoms with E-state index in [1.54, 1.807) is 0 Å². The van der Waals surface area contributed by atoms with Crippen molar-refractivity contribution in [1.29, 1.82) is 0 Å². The van der Waals surface area contributed by atoms with Crippen molar-refractivity contribution in [3.63, 3.8) is 0 Å². The summed E-state index contributed by atoms with van der Waals surface area (Å²) in [4.78, 5) is 23.1. The van der Waals surface area contributed by atoms with Crippen molar-refractivity contribution in [1.82, 2.24) is 0 Å². The van der Waals surface area contributed by atoms with Gasteiger partial charge in [0.2, 0.25) is 0 Å². The van der Waals surface area contributed by atoms with Gasteiger partial charge < -0.3 is 0 Å². The van der Waals surface area contributed by atoms with Crippen molar-refractivity contribution in [3.05, 3.63) is 49.9 Å². The number of benzene rings is 1. The number of ketones is 2. The third-order valence-electron chi connectivity index (χ3n) is 2.33. The fourth-order valence-electron chi connectivity index (χ4n) is 1.51. The van der Waals surface area contributed by atoms with Gasteiger partial charge >= 0.3 is 0 Å². The summed E-state index contributed by atoms with van der Waals surface area (Å²) in [5, 5.41) is 0.510. The molecule has 0 spiro atoms. The SMILES string of the molecule is O=C1C=CC(=O)C(c2c(Cl)c(Cl)cc(Cl)c2Cl)=C1. The van der Waals surface area contributed by atoms with E-state index in [9.17, 15) is 9.59 Å². The number of carbonyl (C=O) groups excluding carboxylic acids is 2.